The zero-order valence-corrected chi connectivity index (χ0v) is 13.9. The van der Waals surface area contributed by atoms with E-state index in [4.69, 9.17) is 9.47 Å². The van der Waals surface area contributed by atoms with Crippen molar-refractivity contribution in [2.75, 3.05) is 13.7 Å². The fourth-order valence-electron chi connectivity index (χ4n) is 1.79. The van der Waals surface area contributed by atoms with E-state index >= 15 is 0 Å². The van der Waals surface area contributed by atoms with Crippen molar-refractivity contribution in [1.29, 1.82) is 0 Å². The van der Waals surface area contributed by atoms with Crippen LogP contribution in [0.5, 0.6) is 11.5 Å². The maximum absolute atomic E-state index is 5.88. The lowest BCUT2D eigenvalue weighted by molar-refractivity contribution is 0.269. The summed E-state index contributed by atoms with van der Waals surface area (Å²) in [6.45, 7) is 3.85. The highest BCUT2D eigenvalue weighted by Gasteiger charge is 2.12. The summed E-state index contributed by atoms with van der Waals surface area (Å²) in [5, 5.41) is 3.13. The second kappa shape index (κ2) is 7.61. The molecule has 2 aromatic rings. The van der Waals surface area contributed by atoms with Gasteiger partial charge in [-0.25, -0.2) is 0 Å². The minimum absolute atomic E-state index is 0.495. The lowest BCUT2D eigenvalue weighted by Crippen LogP contribution is -2.06. The van der Waals surface area contributed by atoms with E-state index < -0.39 is 0 Å². The highest BCUT2D eigenvalue weighted by Crippen LogP contribution is 2.37. The summed E-state index contributed by atoms with van der Waals surface area (Å²) < 4.78 is 12.5. The molecule has 0 aliphatic heterocycles. The first-order valence-corrected chi connectivity index (χ1v) is 8.01. The molecule has 0 spiro atoms. The Bertz CT molecular complexity index is 546. The third-order valence-corrected chi connectivity index (χ3v) is 3.93. The van der Waals surface area contributed by atoms with E-state index in [9.17, 15) is 0 Å². The minimum atomic E-state index is 0.495. The predicted octanol–water partition coefficient (Wildman–Crippen LogP) is 3.60. The molecule has 0 unspecified atom stereocenters. The topological polar surface area (TPSA) is 43.4 Å². The van der Waals surface area contributed by atoms with E-state index in [-0.39, 0.29) is 0 Å². The summed E-state index contributed by atoms with van der Waals surface area (Å²) in [6.07, 6.45) is 1.81. The Hall–Kier alpha value is -1.11. The summed E-state index contributed by atoms with van der Waals surface area (Å²) in [7, 11) is 1.92. The quantitative estimate of drug-likeness (QED) is 0.822. The Morgan fingerprint density at radius 3 is 2.85 bits per heavy atom. The fourth-order valence-corrected chi connectivity index (χ4v) is 2.90. The molecule has 0 aliphatic rings. The largest absolute Gasteiger partial charge is 0.490 e. The first kappa shape index (κ1) is 15.3. The molecule has 0 bridgehead atoms. The highest BCUT2D eigenvalue weighted by molar-refractivity contribution is 9.10. The Morgan fingerprint density at radius 2 is 2.20 bits per heavy atom. The van der Waals surface area contributed by atoms with Crippen LogP contribution in [0.25, 0.3) is 0 Å². The third kappa shape index (κ3) is 3.94. The first-order valence-electron chi connectivity index (χ1n) is 6.34. The van der Waals surface area contributed by atoms with Gasteiger partial charge in [0.1, 0.15) is 6.61 Å². The molecule has 0 amide bonds. The molecule has 1 heterocycles. The van der Waals surface area contributed by atoms with Crippen LogP contribution in [-0.2, 0) is 13.2 Å². The van der Waals surface area contributed by atoms with Gasteiger partial charge in [-0.3, -0.25) is 4.98 Å². The number of rotatable bonds is 7. The number of nitrogens with zero attached hydrogens (tertiary/aromatic N) is 1. The first-order chi connectivity index (χ1) is 9.74. The van der Waals surface area contributed by atoms with E-state index in [0.717, 1.165) is 33.0 Å². The number of hydrogen-bond donors (Lipinski definition) is 1. The van der Waals surface area contributed by atoms with Crippen molar-refractivity contribution in [2.24, 2.45) is 0 Å². The van der Waals surface area contributed by atoms with Crippen molar-refractivity contribution in [2.45, 2.75) is 20.1 Å². The summed E-state index contributed by atoms with van der Waals surface area (Å²) in [5.41, 5.74) is 2.95. The Balaban J connectivity index is 2.20. The summed E-state index contributed by atoms with van der Waals surface area (Å²) in [5.74, 6) is 1.50. The molecule has 0 saturated heterocycles. The standard InChI is InChI=1S/C14H17BrN2O2S/c1-3-18-13-5-10(6-16-2)4-12(15)14(13)19-8-11-7-17-9-20-11/h4-5,7,9,16H,3,6,8H2,1-2H3. The molecule has 0 atom stereocenters. The molecule has 1 N–H and O–H groups in total. The van der Waals surface area contributed by atoms with Gasteiger partial charge in [0.15, 0.2) is 11.5 Å². The number of nitrogens with one attached hydrogen (secondary N) is 1. The maximum Gasteiger partial charge on any atom is 0.175 e. The Kier molecular flexibility index (Phi) is 5.82. The van der Waals surface area contributed by atoms with E-state index in [0.29, 0.717) is 13.2 Å². The van der Waals surface area contributed by atoms with Crippen LogP contribution < -0.4 is 14.8 Å². The van der Waals surface area contributed by atoms with Gasteiger partial charge in [-0.1, -0.05) is 0 Å². The summed E-state index contributed by atoms with van der Waals surface area (Å²) in [6, 6.07) is 4.05. The molecule has 0 radical (unpaired) electrons. The van der Waals surface area contributed by atoms with Gasteiger partial charge in [0.2, 0.25) is 0 Å². The van der Waals surface area contributed by atoms with E-state index in [1.807, 2.05) is 32.3 Å². The van der Waals surface area contributed by atoms with Gasteiger partial charge < -0.3 is 14.8 Å². The van der Waals surface area contributed by atoms with Crippen LogP contribution in [0, 0.1) is 0 Å². The molecule has 108 valence electrons. The van der Waals surface area contributed by atoms with Crippen LogP contribution in [0.4, 0.5) is 0 Å². The van der Waals surface area contributed by atoms with Crippen LogP contribution in [0.15, 0.2) is 28.3 Å². The van der Waals surface area contributed by atoms with Gasteiger partial charge in [0.05, 0.1) is 21.5 Å². The van der Waals surface area contributed by atoms with Crippen molar-refractivity contribution in [3.8, 4) is 11.5 Å². The van der Waals surface area contributed by atoms with Crippen molar-refractivity contribution < 1.29 is 9.47 Å². The van der Waals surface area contributed by atoms with Crippen molar-refractivity contribution in [3.63, 3.8) is 0 Å². The number of benzene rings is 1. The number of thiazole rings is 1. The number of hydrogen-bond acceptors (Lipinski definition) is 5. The molecular formula is C14H17BrN2O2S. The maximum atomic E-state index is 5.88. The molecular weight excluding hydrogens is 340 g/mol. The molecule has 1 aromatic heterocycles. The minimum Gasteiger partial charge on any atom is -0.490 e. The van der Waals surface area contributed by atoms with Crippen LogP contribution >= 0.6 is 27.3 Å². The average Bonchev–Trinajstić information content (AvgIpc) is 2.92. The number of halogens is 1. The number of ether oxygens (including phenoxy) is 2. The molecule has 4 nitrogen and oxygen atoms in total. The highest BCUT2D eigenvalue weighted by atomic mass is 79.9. The SMILES string of the molecule is CCOc1cc(CNC)cc(Br)c1OCc1cncs1. The van der Waals surface area contributed by atoms with Crippen LogP contribution in [0.3, 0.4) is 0 Å². The monoisotopic (exact) mass is 356 g/mol. The molecule has 0 fully saturated rings. The van der Waals surface area contributed by atoms with E-state index in [1.165, 1.54) is 0 Å². The summed E-state index contributed by atoms with van der Waals surface area (Å²) in [4.78, 5) is 5.12. The third-order valence-electron chi connectivity index (χ3n) is 2.59. The van der Waals surface area contributed by atoms with Crippen molar-refractivity contribution in [3.05, 3.63) is 38.8 Å². The number of aromatic nitrogens is 1. The molecule has 2 rings (SSSR count). The van der Waals surface area contributed by atoms with Crippen molar-refractivity contribution >= 4 is 27.3 Å². The van der Waals surface area contributed by atoms with E-state index in [2.05, 4.69) is 26.2 Å². The van der Waals surface area contributed by atoms with Gasteiger partial charge in [-0.2, -0.15) is 0 Å². The average molecular weight is 357 g/mol. The van der Waals surface area contributed by atoms with Gasteiger partial charge in [-0.05, 0) is 47.6 Å². The lowest BCUT2D eigenvalue weighted by atomic mass is 10.2. The molecule has 0 saturated carbocycles. The van der Waals surface area contributed by atoms with Gasteiger partial charge in [-0.15, -0.1) is 11.3 Å². The zero-order valence-electron chi connectivity index (χ0n) is 11.5. The van der Waals surface area contributed by atoms with Gasteiger partial charge >= 0.3 is 0 Å². The van der Waals surface area contributed by atoms with Gasteiger partial charge in [0.25, 0.3) is 0 Å². The summed E-state index contributed by atoms with van der Waals surface area (Å²) >= 11 is 5.13. The molecule has 20 heavy (non-hydrogen) atoms. The zero-order chi connectivity index (χ0) is 14.4. The second-order valence-electron chi connectivity index (χ2n) is 4.12. The normalized spacial score (nSPS) is 10.6. The van der Waals surface area contributed by atoms with Crippen LogP contribution in [-0.4, -0.2) is 18.6 Å². The molecule has 6 heteroatoms. The molecule has 1 aromatic carbocycles. The van der Waals surface area contributed by atoms with Crippen LogP contribution in [0.1, 0.15) is 17.4 Å². The predicted molar refractivity (Wildman–Crippen MR) is 84.5 cm³/mol. The second-order valence-corrected chi connectivity index (χ2v) is 5.95. The Labute approximate surface area is 131 Å². The molecule has 0 aliphatic carbocycles. The van der Waals surface area contributed by atoms with E-state index in [1.54, 1.807) is 16.8 Å². The lowest BCUT2D eigenvalue weighted by Gasteiger charge is -2.15. The smallest absolute Gasteiger partial charge is 0.175 e. The van der Waals surface area contributed by atoms with Gasteiger partial charge in [0, 0.05) is 12.7 Å². The Morgan fingerprint density at radius 1 is 1.35 bits per heavy atom. The van der Waals surface area contributed by atoms with Crippen molar-refractivity contribution in [1.82, 2.24) is 10.3 Å². The van der Waals surface area contributed by atoms with Crippen LogP contribution in [0.2, 0.25) is 0 Å². The fraction of sp³-hybridized carbons (Fsp3) is 0.357.